The molecule has 2 fully saturated rings. The van der Waals surface area contributed by atoms with E-state index in [9.17, 15) is 18.0 Å². The number of piperidine rings is 1. The summed E-state index contributed by atoms with van der Waals surface area (Å²) < 4.78 is 35.1. The van der Waals surface area contributed by atoms with E-state index in [-0.39, 0.29) is 12.5 Å². The van der Waals surface area contributed by atoms with Gasteiger partial charge in [0.15, 0.2) is 0 Å². The highest BCUT2D eigenvalue weighted by Gasteiger charge is 2.49. The fourth-order valence-electron chi connectivity index (χ4n) is 3.65. The van der Waals surface area contributed by atoms with Crippen LogP contribution in [0, 0.1) is 0 Å². The lowest BCUT2D eigenvalue weighted by molar-refractivity contribution is -0.120. The van der Waals surface area contributed by atoms with Crippen molar-refractivity contribution < 1.29 is 26.8 Å². The second-order valence-electron chi connectivity index (χ2n) is 6.53. The van der Waals surface area contributed by atoms with Gasteiger partial charge in [-0.15, -0.1) is 4.28 Å². The van der Waals surface area contributed by atoms with Crippen molar-refractivity contribution in [2.45, 2.75) is 24.9 Å². The summed E-state index contributed by atoms with van der Waals surface area (Å²) in [5.74, 6) is -0.355. The molecule has 4 rings (SSSR count). The number of urea groups is 1. The lowest BCUT2D eigenvalue weighted by Gasteiger charge is -2.29. The number of carbonyl (C=O) groups is 2. The van der Waals surface area contributed by atoms with Crippen molar-refractivity contribution in [3.8, 4) is 0 Å². The number of nitrogens with one attached hydrogen (secondary N) is 1. The van der Waals surface area contributed by atoms with Gasteiger partial charge in [0.2, 0.25) is 5.91 Å². The van der Waals surface area contributed by atoms with Crippen LogP contribution in [0.4, 0.5) is 10.5 Å². The van der Waals surface area contributed by atoms with Crippen LogP contribution in [0.25, 0.3) is 10.8 Å². The Labute approximate surface area is 155 Å². The van der Waals surface area contributed by atoms with Crippen LogP contribution in [-0.2, 0) is 19.5 Å². The second kappa shape index (κ2) is 6.48. The molecule has 0 saturated carbocycles. The summed E-state index contributed by atoms with van der Waals surface area (Å²) >= 11 is 0. The Kier molecular flexibility index (Phi) is 4.25. The zero-order valence-corrected chi connectivity index (χ0v) is 14.9. The van der Waals surface area contributed by atoms with Crippen molar-refractivity contribution in [1.29, 1.82) is 0 Å². The predicted molar refractivity (Wildman–Crippen MR) is 96.0 cm³/mol. The monoisotopic (exact) mass is 391 g/mol. The van der Waals surface area contributed by atoms with Gasteiger partial charge < -0.3 is 10.2 Å². The normalized spacial score (nSPS) is 22.3. The van der Waals surface area contributed by atoms with Gasteiger partial charge in [0.05, 0.1) is 6.04 Å². The number of fused-ring (bicyclic) bond motifs is 3. The molecule has 2 aliphatic heterocycles. The summed E-state index contributed by atoms with van der Waals surface area (Å²) in [6, 6.07) is 11.1. The number of amides is 3. The average Bonchev–Trinajstić information content (AvgIpc) is 2.85. The first-order valence-corrected chi connectivity index (χ1v) is 9.75. The SMILES string of the molecule is O=C(Nc1cccc2ccccc12)[C@@H]1CC[C@H]2CN1C(=O)N2OS(=O)(=O)O. The molecule has 2 saturated heterocycles. The minimum Gasteiger partial charge on any atom is -0.324 e. The van der Waals surface area contributed by atoms with Crippen molar-refractivity contribution >= 4 is 38.8 Å². The molecule has 0 radical (unpaired) electrons. The van der Waals surface area contributed by atoms with Crippen LogP contribution in [0.1, 0.15) is 12.8 Å². The molecule has 10 heteroatoms. The third kappa shape index (κ3) is 3.34. The molecule has 2 N–H and O–H groups in total. The Morgan fingerprint density at radius 2 is 1.89 bits per heavy atom. The van der Waals surface area contributed by atoms with Crippen molar-refractivity contribution in [3.05, 3.63) is 42.5 Å². The molecule has 2 bridgehead atoms. The highest BCUT2D eigenvalue weighted by Crippen LogP contribution is 2.32. The van der Waals surface area contributed by atoms with Crippen LogP contribution in [0.2, 0.25) is 0 Å². The number of anilines is 1. The van der Waals surface area contributed by atoms with Crippen molar-refractivity contribution in [2.24, 2.45) is 0 Å². The predicted octanol–water partition coefficient (Wildman–Crippen LogP) is 1.78. The van der Waals surface area contributed by atoms with Gasteiger partial charge >= 0.3 is 16.4 Å². The molecular formula is C17H17N3O6S. The molecule has 3 amide bonds. The van der Waals surface area contributed by atoms with Gasteiger partial charge in [-0.25, -0.2) is 4.79 Å². The van der Waals surface area contributed by atoms with E-state index in [0.29, 0.717) is 23.6 Å². The first-order chi connectivity index (χ1) is 12.8. The number of hydroxylamine groups is 2. The van der Waals surface area contributed by atoms with Gasteiger partial charge in [0.1, 0.15) is 6.04 Å². The van der Waals surface area contributed by atoms with Gasteiger partial charge in [-0.2, -0.15) is 13.5 Å². The zero-order chi connectivity index (χ0) is 19.2. The Morgan fingerprint density at radius 3 is 2.67 bits per heavy atom. The van der Waals surface area contributed by atoms with E-state index in [0.717, 1.165) is 10.8 Å². The zero-order valence-electron chi connectivity index (χ0n) is 14.1. The van der Waals surface area contributed by atoms with Crippen LogP contribution in [-0.4, -0.2) is 53.5 Å². The summed E-state index contributed by atoms with van der Waals surface area (Å²) in [5, 5.41) is 5.34. The van der Waals surface area contributed by atoms with E-state index in [2.05, 4.69) is 9.60 Å². The molecule has 0 unspecified atom stereocenters. The summed E-state index contributed by atoms with van der Waals surface area (Å²) in [4.78, 5) is 26.5. The molecule has 2 atom stereocenters. The van der Waals surface area contributed by atoms with E-state index in [1.165, 1.54) is 4.90 Å². The lowest BCUT2D eigenvalue weighted by atomic mass is 10.00. The molecule has 0 aliphatic carbocycles. The van der Waals surface area contributed by atoms with Gasteiger partial charge in [-0.1, -0.05) is 36.4 Å². The number of nitrogens with zero attached hydrogens (tertiary/aromatic N) is 2. The smallest absolute Gasteiger partial charge is 0.324 e. The summed E-state index contributed by atoms with van der Waals surface area (Å²) in [5.41, 5.74) is 0.637. The molecule has 2 aromatic carbocycles. The van der Waals surface area contributed by atoms with Crippen LogP contribution >= 0.6 is 0 Å². The fraction of sp³-hybridized carbons (Fsp3) is 0.294. The van der Waals surface area contributed by atoms with Gasteiger partial charge in [0, 0.05) is 17.6 Å². The number of rotatable bonds is 4. The molecule has 9 nitrogen and oxygen atoms in total. The Hall–Kier alpha value is -2.69. The molecule has 2 aromatic rings. The van der Waals surface area contributed by atoms with Crippen molar-refractivity contribution in [1.82, 2.24) is 9.96 Å². The maximum atomic E-state index is 12.8. The molecular weight excluding hydrogens is 374 g/mol. The largest absolute Gasteiger partial charge is 0.418 e. The first kappa shape index (κ1) is 17.7. The minimum atomic E-state index is -4.81. The maximum absolute atomic E-state index is 12.8. The highest BCUT2D eigenvalue weighted by atomic mass is 32.3. The van der Waals surface area contributed by atoms with Crippen LogP contribution in [0.5, 0.6) is 0 Å². The summed E-state index contributed by atoms with van der Waals surface area (Å²) in [6.45, 7) is 0.155. The third-order valence-corrected chi connectivity index (χ3v) is 5.20. The molecule has 27 heavy (non-hydrogen) atoms. The lowest BCUT2D eigenvalue weighted by Crippen LogP contribution is -2.47. The van der Waals surface area contributed by atoms with E-state index >= 15 is 0 Å². The number of benzene rings is 2. The maximum Gasteiger partial charge on any atom is 0.418 e. The molecule has 0 spiro atoms. The average molecular weight is 391 g/mol. The summed E-state index contributed by atoms with van der Waals surface area (Å²) in [6.07, 6.45) is 0.740. The van der Waals surface area contributed by atoms with E-state index in [4.69, 9.17) is 4.55 Å². The number of hydrogen-bond acceptors (Lipinski definition) is 5. The minimum absolute atomic E-state index is 0.155. The van der Waals surface area contributed by atoms with E-state index in [1.807, 2.05) is 36.4 Å². The summed E-state index contributed by atoms with van der Waals surface area (Å²) in [7, 11) is -4.81. The topological polar surface area (TPSA) is 116 Å². The third-order valence-electron chi connectivity index (χ3n) is 4.85. The Balaban J connectivity index is 1.54. The van der Waals surface area contributed by atoms with Gasteiger partial charge in [-0.3, -0.25) is 9.35 Å². The first-order valence-electron chi connectivity index (χ1n) is 8.39. The van der Waals surface area contributed by atoms with E-state index in [1.54, 1.807) is 6.07 Å². The van der Waals surface area contributed by atoms with Crippen LogP contribution in [0.3, 0.4) is 0 Å². The molecule has 2 aliphatic rings. The second-order valence-corrected chi connectivity index (χ2v) is 7.53. The van der Waals surface area contributed by atoms with Crippen molar-refractivity contribution in [2.75, 3.05) is 11.9 Å². The Morgan fingerprint density at radius 1 is 1.15 bits per heavy atom. The van der Waals surface area contributed by atoms with E-state index < -0.39 is 28.5 Å². The number of hydrogen-bond donors (Lipinski definition) is 2. The van der Waals surface area contributed by atoms with Gasteiger partial charge in [0.25, 0.3) is 0 Å². The van der Waals surface area contributed by atoms with Crippen LogP contribution < -0.4 is 5.32 Å². The van der Waals surface area contributed by atoms with Crippen molar-refractivity contribution in [3.63, 3.8) is 0 Å². The van der Waals surface area contributed by atoms with Crippen LogP contribution in [0.15, 0.2) is 42.5 Å². The number of carbonyl (C=O) groups excluding carboxylic acids is 2. The quantitative estimate of drug-likeness (QED) is 0.768. The molecule has 0 aromatic heterocycles. The fourth-order valence-corrected chi connectivity index (χ4v) is 4.04. The molecule has 142 valence electrons. The highest BCUT2D eigenvalue weighted by molar-refractivity contribution is 7.80. The standard InChI is InChI=1S/C17H17N3O6S/c21-16(18-14-7-3-5-11-4-1-2-6-13(11)14)15-9-8-12-10-19(15)17(22)20(12)26-27(23,24)25/h1-7,12,15H,8-10H2,(H,18,21)(H,23,24,25)/t12-,15-/m0/s1. The molecule has 2 heterocycles. The Bertz CT molecular complexity index is 1020. The van der Waals surface area contributed by atoms with Gasteiger partial charge in [-0.05, 0) is 24.3 Å².